The van der Waals surface area contributed by atoms with Gasteiger partial charge >= 0.3 is 0 Å². The van der Waals surface area contributed by atoms with E-state index < -0.39 is 6.10 Å². The fraction of sp³-hybridized carbons (Fsp3) is 0.294. The number of ether oxygens (including phenoxy) is 2. The molecule has 1 N–H and O–H groups in total. The molecule has 0 heterocycles. The fourth-order valence-electron chi connectivity index (χ4n) is 2.26. The second-order valence-corrected chi connectivity index (χ2v) is 4.84. The Morgan fingerprint density at radius 3 is 2.52 bits per heavy atom. The Labute approximate surface area is 125 Å². The van der Waals surface area contributed by atoms with E-state index in [0.717, 1.165) is 22.7 Å². The first-order valence-corrected chi connectivity index (χ1v) is 6.82. The second kappa shape index (κ2) is 6.99. The highest BCUT2D eigenvalue weighted by atomic mass is 16.5. The van der Waals surface area contributed by atoms with Gasteiger partial charge in [-0.1, -0.05) is 24.3 Å². The summed E-state index contributed by atoms with van der Waals surface area (Å²) < 4.78 is 10.5. The summed E-state index contributed by atoms with van der Waals surface area (Å²) in [5.74, 6) is 1.53. The third-order valence-electron chi connectivity index (χ3n) is 3.42. The molecule has 2 aromatic rings. The van der Waals surface area contributed by atoms with Crippen LogP contribution in [0.5, 0.6) is 11.5 Å². The molecular weight excluding hydrogens is 266 g/mol. The van der Waals surface area contributed by atoms with Crippen molar-refractivity contribution in [3.05, 3.63) is 54.1 Å². The van der Waals surface area contributed by atoms with Gasteiger partial charge in [0.05, 0.1) is 26.0 Å². The zero-order valence-corrected chi connectivity index (χ0v) is 12.6. The number of nitrogens with zero attached hydrogens (tertiary/aromatic N) is 1. The Kier molecular flexibility index (Phi) is 5.06. The van der Waals surface area contributed by atoms with Crippen molar-refractivity contribution in [1.29, 1.82) is 0 Å². The SMILES string of the molecule is COc1cccc(C(O)CN(C)c2ccccc2OC)c1. The lowest BCUT2D eigenvalue weighted by atomic mass is 10.1. The van der Waals surface area contributed by atoms with Crippen LogP contribution in [0.2, 0.25) is 0 Å². The van der Waals surface area contributed by atoms with Gasteiger partial charge in [-0.3, -0.25) is 0 Å². The van der Waals surface area contributed by atoms with Gasteiger partial charge in [0.2, 0.25) is 0 Å². The predicted octanol–water partition coefficient (Wildman–Crippen LogP) is 2.87. The van der Waals surface area contributed by atoms with Crippen LogP contribution in [-0.2, 0) is 0 Å². The number of hydrogen-bond acceptors (Lipinski definition) is 4. The molecule has 0 spiro atoms. The molecule has 0 aliphatic carbocycles. The number of likely N-dealkylation sites (N-methyl/N-ethyl adjacent to an activating group) is 1. The Morgan fingerprint density at radius 2 is 1.81 bits per heavy atom. The number of para-hydroxylation sites is 2. The Hall–Kier alpha value is -2.20. The van der Waals surface area contributed by atoms with Crippen LogP contribution in [0.4, 0.5) is 5.69 Å². The van der Waals surface area contributed by atoms with Gasteiger partial charge in [-0.2, -0.15) is 0 Å². The lowest BCUT2D eigenvalue weighted by molar-refractivity contribution is 0.184. The first kappa shape index (κ1) is 15.2. The minimum Gasteiger partial charge on any atom is -0.497 e. The fourth-order valence-corrected chi connectivity index (χ4v) is 2.26. The molecule has 2 aromatic carbocycles. The standard InChI is InChI=1S/C17H21NO3/c1-18(15-9-4-5-10-17(15)21-3)12-16(19)13-7-6-8-14(11-13)20-2/h4-11,16,19H,12H2,1-3H3. The van der Waals surface area contributed by atoms with Gasteiger partial charge in [0.15, 0.2) is 0 Å². The van der Waals surface area contributed by atoms with Gasteiger partial charge in [-0.05, 0) is 29.8 Å². The van der Waals surface area contributed by atoms with E-state index in [4.69, 9.17) is 9.47 Å². The topological polar surface area (TPSA) is 41.9 Å². The third-order valence-corrected chi connectivity index (χ3v) is 3.42. The molecule has 112 valence electrons. The first-order chi connectivity index (χ1) is 10.2. The summed E-state index contributed by atoms with van der Waals surface area (Å²) in [6, 6.07) is 15.2. The van der Waals surface area contributed by atoms with Crippen LogP contribution in [0, 0.1) is 0 Å². The smallest absolute Gasteiger partial charge is 0.142 e. The molecular formula is C17H21NO3. The van der Waals surface area contributed by atoms with E-state index in [1.54, 1.807) is 14.2 Å². The highest BCUT2D eigenvalue weighted by Crippen LogP contribution is 2.28. The van der Waals surface area contributed by atoms with E-state index in [1.807, 2.05) is 60.5 Å². The van der Waals surface area contributed by atoms with Crippen LogP contribution in [-0.4, -0.2) is 32.9 Å². The molecule has 1 unspecified atom stereocenters. The van der Waals surface area contributed by atoms with Gasteiger partial charge in [-0.15, -0.1) is 0 Å². The number of hydrogen-bond donors (Lipinski definition) is 1. The van der Waals surface area contributed by atoms with Gasteiger partial charge < -0.3 is 19.5 Å². The molecule has 21 heavy (non-hydrogen) atoms. The second-order valence-electron chi connectivity index (χ2n) is 4.84. The maximum Gasteiger partial charge on any atom is 0.142 e. The number of aliphatic hydroxyl groups excluding tert-OH is 1. The molecule has 0 saturated carbocycles. The number of methoxy groups -OCH3 is 2. The molecule has 0 amide bonds. The molecule has 0 saturated heterocycles. The Morgan fingerprint density at radius 1 is 1.05 bits per heavy atom. The Bertz CT molecular complexity index is 586. The largest absolute Gasteiger partial charge is 0.497 e. The summed E-state index contributed by atoms with van der Waals surface area (Å²) in [7, 11) is 5.19. The summed E-state index contributed by atoms with van der Waals surface area (Å²) in [6.45, 7) is 0.466. The normalized spacial score (nSPS) is 11.8. The van der Waals surface area contributed by atoms with Crippen molar-refractivity contribution in [2.75, 3.05) is 32.7 Å². The molecule has 4 nitrogen and oxygen atoms in total. The van der Waals surface area contributed by atoms with Gasteiger partial charge in [0.1, 0.15) is 11.5 Å². The minimum atomic E-state index is -0.602. The molecule has 0 radical (unpaired) electrons. The molecule has 0 aliphatic rings. The van der Waals surface area contributed by atoms with Crippen LogP contribution in [0.1, 0.15) is 11.7 Å². The average molecular weight is 287 g/mol. The Balaban J connectivity index is 2.12. The summed E-state index contributed by atoms with van der Waals surface area (Å²) in [4.78, 5) is 1.98. The molecule has 2 rings (SSSR count). The van der Waals surface area contributed by atoms with Gasteiger partial charge in [0, 0.05) is 13.6 Å². The van der Waals surface area contributed by atoms with E-state index in [9.17, 15) is 5.11 Å². The van der Waals surface area contributed by atoms with Crippen LogP contribution >= 0.6 is 0 Å². The monoisotopic (exact) mass is 287 g/mol. The van der Waals surface area contributed by atoms with Crippen LogP contribution < -0.4 is 14.4 Å². The maximum absolute atomic E-state index is 10.4. The molecule has 4 heteroatoms. The highest BCUT2D eigenvalue weighted by Gasteiger charge is 2.14. The molecule has 0 aliphatic heterocycles. The lowest BCUT2D eigenvalue weighted by Gasteiger charge is -2.24. The molecule has 0 aromatic heterocycles. The summed E-state index contributed by atoms with van der Waals surface area (Å²) in [5.41, 5.74) is 1.78. The van der Waals surface area contributed by atoms with E-state index >= 15 is 0 Å². The predicted molar refractivity (Wildman–Crippen MR) is 84.2 cm³/mol. The quantitative estimate of drug-likeness (QED) is 0.887. The number of rotatable bonds is 6. The number of aliphatic hydroxyl groups is 1. The van der Waals surface area contributed by atoms with E-state index in [2.05, 4.69) is 0 Å². The summed E-state index contributed by atoms with van der Waals surface area (Å²) >= 11 is 0. The van der Waals surface area contributed by atoms with Crippen molar-refractivity contribution in [2.24, 2.45) is 0 Å². The minimum absolute atomic E-state index is 0.466. The van der Waals surface area contributed by atoms with Crippen LogP contribution in [0.3, 0.4) is 0 Å². The molecule has 1 atom stereocenters. The van der Waals surface area contributed by atoms with Crippen molar-refractivity contribution in [1.82, 2.24) is 0 Å². The van der Waals surface area contributed by atoms with Gasteiger partial charge in [-0.25, -0.2) is 0 Å². The van der Waals surface area contributed by atoms with Crippen molar-refractivity contribution in [2.45, 2.75) is 6.10 Å². The maximum atomic E-state index is 10.4. The van der Waals surface area contributed by atoms with Crippen molar-refractivity contribution in [3.63, 3.8) is 0 Å². The highest BCUT2D eigenvalue weighted by molar-refractivity contribution is 5.58. The zero-order chi connectivity index (χ0) is 15.2. The van der Waals surface area contributed by atoms with E-state index in [1.165, 1.54) is 0 Å². The molecule has 0 bridgehead atoms. The number of benzene rings is 2. The lowest BCUT2D eigenvalue weighted by Crippen LogP contribution is -2.24. The van der Waals surface area contributed by atoms with Crippen molar-refractivity contribution < 1.29 is 14.6 Å². The van der Waals surface area contributed by atoms with E-state index in [0.29, 0.717) is 6.54 Å². The molecule has 0 fully saturated rings. The van der Waals surface area contributed by atoms with Gasteiger partial charge in [0.25, 0.3) is 0 Å². The third kappa shape index (κ3) is 3.67. The summed E-state index contributed by atoms with van der Waals surface area (Å²) in [6.07, 6.45) is -0.602. The zero-order valence-electron chi connectivity index (χ0n) is 12.6. The van der Waals surface area contributed by atoms with Crippen molar-refractivity contribution in [3.8, 4) is 11.5 Å². The number of anilines is 1. The van der Waals surface area contributed by atoms with Crippen LogP contribution in [0.25, 0.3) is 0 Å². The van der Waals surface area contributed by atoms with E-state index in [-0.39, 0.29) is 0 Å². The first-order valence-electron chi connectivity index (χ1n) is 6.82. The average Bonchev–Trinajstić information content (AvgIpc) is 2.54. The summed E-state index contributed by atoms with van der Waals surface area (Å²) in [5, 5.41) is 10.4. The van der Waals surface area contributed by atoms with Crippen LogP contribution in [0.15, 0.2) is 48.5 Å². The van der Waals surface area contributed by atoms with Crippen molar-refractivity contribution >= 4 is 5.69 Å².